The fourth-order valence-electron chi connectivity index (χ4n) is 2.69. The molecule has 4 nitrogen and oxygen atoms in total. The number of fused-ring (bicyclic) bond motifs is 1. The number of aryl methyl sites for hydroxylation is 1. The van der Waals surface area contributed by atoms with Gasteiger partial charge in [-0.05, 0) is 41.1 Å². The Morgan fingerprint density at radius 1 is 1.30 bits per heavy atom. The van der Waals surface area contributed by atoms with Crippen LogP contribution in [-0.2, 0) is 20.7 Å². The Morgan fingerprint density at radius 2 is 2.04 bits per heavy atom. The highest BCUT2D eigenvalue weighted by molar-refractivity contribution is 9.10. The number of halogens is 2. The van der Waals surface area contributed by atoms with Gasteiger partial charge in [-0.2, -0.15) is 8.42 Å². The van der Waals surface area contributed by atoms with E-state index >= 15 is 0 Å². The molecule has 0 fully saturated rings. The average Bonchev–Trinajstić information content (AvgIpc) is 2.91. The van der Waals surface area contributed by atoms with Gasteiger partial charge in [-0.25, -0.2) is 4.39 Å². The van der Waals surface area contributed by atoms with Crippen molar-refractivity contribution in [2.24, 2.45) is 0 Å². The van der Waals surface area contributed by atoms with Gasteiger partial charge in [0.15, 0.2) is 0 Å². The molecule has 1 unspecified atom stereocenters. The standard InChI is InChI=1S/C16H14BrFO4S/c1-9-3-4-15(23(19,20)21-2)12(5-9)14-7-10-6-11(18)8-13(17)16(10)22-14/h3-6,8,14H,7H2,1-2H3. The van der Waals surface area contributed by atoms with E-state index in [2.05, 4.69) is 20.1 Å². The summed E-state index contributed by atoms with van der Waals surface area (Å²) in [5, 5.41) is 0. The molecule has 0 amide bonds. The van der Waals surface area contributed by atoms with E-state index in [4.69, 9.17) is 4.74 Å². The molecule has 0 spiro atoms. The van der Waals surface area contributed by atoms with E-state index in [1.54, 1.807) is 12.1 Å². The first-order valence-electron chi connectivity index (χ1n) is 6.87. The number of ether oxygens (including phenoxy) is 1. The Morgan fingerprint density at radius 3 is 2.74 bits per heavy atom. The summed E-state index contributed by atoms with van der Waals surface area (Å²) in [5.74, 6) is 0.174. The fraction of sp³-hybridized carbons (Fsp3) is 0.250. The summed E-state index contributed by atoms with van der Waals surface area (Å²) in [4.78, 5) is 0.0694. The molecule has 0 aromatic heterocycles. The number of rotatable bonds is 3. The quantitative estimate of drug-likeness (QED) is 0.732. The number of hydrogen-bond donors (Lipinski definition) is 0. The molecule has 0 radical (unpaired) electrons. The summed E-state index contributed by atoms with van der Waals surface area (Å²) in [6.07, 6.45) is -0.121. The Balaban J connectivity index is 2.08. The second-order valence-electron chi connectivity index (χ2n) is 5.35. The molecule has 1 atom stereocenters. The van der Waals surface area contributed by atoms with Crippen LogP contribution in [-0.4, -0.2) is 15.5 Å². The highest BCUT2D eigenvalue weighted by atomic mass is 79.9. The van der Waals surface area contributed by atoms with E-state index in [-0.39, 0.29) is 10.7 Å². The molecular formula is C16H14BrFO4S. The molecular weight excluding hydrogens is 387 g/mol. The molecule has 1 aliphatic rings. The maximum Gasteiger partial charge on any atom is 0.297 e. The van der Waals surface area contributed by atoms with Crippen molar-refractivity contribution in [2.75, 3.05) is 7.11 Å². The molecule has 2 aromatic carbocycles. The molecule has 0 saturated carbocycles. The van der Waals surface area contributed by atoms with Crippen LogP contribution in [0.25, 0.3) is 0 Å². The second-order valence-corrected chi connectivity index (χ2v) is 7.88. The zero-order valence-electron chi connectivity index (χ0n) is 12.5. The topological polar surface area (TPSA) is 52.6 Å². The number of hydrogen-bond acceptors (Lipinski definition) is 4. The molecule has 23 heavy (non-hydrogen) atoms. The molecule has 0 aliphatic carbocycles. The SMILES string of the molecule is COS(=O)(=O)c1ccc(C)cc1C1Cc2cc(F)cc(Br)c2O1. The lowest BCUT2D eigenvalue weighted by Gasteiger charge is -2.16. The summed E-state index contributed by atoms with van der Waals surface area (Å²) < 4.78 is 48.8. The van der Waals surface area contributed by atoms with Crippen LogP contribution in [0.2, 0.25) is 0 Å². The van der Waals surface area contributed by atoms with Gasteiger partial charge in [0.25, 0.3) is 10.1 Å². The molecule has 1 heterocycles. The van der Waals surface area contributed by atoms with Gasteiger partial charge in [0.05, 0.1) is 11.6 Å². The average molecular weight is 401 g/mol. The maximum absolute atomic E-state index is 13.5. The predicted octanol–water partition coefficient (Wildman–Crippen LogP) is 3.91. The summed E-state index contributed by atoms with van der Waals surface area (Å²) in [6, 6.07) is 7.69. The summed E-state index contributed by atoms with van der Waals surface area (Å²) in [7, 11) is -2.73. The van der Waals surface area contributed by atoms with Gasteiger partial charge < -0.3 is 4.74 Å². The first kappa shape index (κ1) is 16.4. The molecule has 0 saturated heterocycles. The third kappa shape index (κ3) is 3.00. The Bertz CT molecular complexity index is 880. The molecule has 1 aliphatic heterocycles. The van der Waals surface area contributed by atoms with Crippen molar-refractivity contribution in [1.29, 1.82) is 0 Å². The summed E-state index contributed by atoms with van der Waals surface area (Å²) >= 11 is 3.28. The van der Waals surface area contributed by atoms with Crippen LogP contribution < -0.4 is 4.74 Å². The fourth-order valence-corrected chi connectivity index (χ4v) is 4.15. The van der Waals surface area contributed by atoms with Crippen LogP contribution in [0.1, 0.15) is 22.8 Å². The van der Waals surface area contributed by atoms with Gasteiger partial charge in [-0.3, -0.25) is 4.18 Å². The highest BCUT2D eigenvalue weighted by Crippen LogP contribution is 2.43. The third-order valence-electron chi connectivity index (χ3n) is 3.75. The van der Waals surface area contributed by atoms with Crippen LogP contribution in [0.15, 0.2) is 39.7 Å². The van der Waals surface area contributed by atoms with Gasteiger partial charge in [-0.1, -0.05) is 17.7 Å². The first-order chi connectivity index (χ1) is 10.8. The minimum absolute atomic E-state index is 0.0694. The van der Waals surface area contributed by atoms with Crippen molar-refractivity contribution in [3.05, 3.63) is 57.3 Å². The van der Waals surface area contributed by atoms with E-state index in [0.717, 1.165) is 12.7 Å². The molecule has 2 aromatic rings. The zero-order valence-corrected chi connectivity index (χ0v) is 14.9. The van der Waals surface area contributed by atoms with Gasteiger partial charge >= 0.3 is 0 Å². The Hall–Kier alpha value is -1.44. The molecule has 7 heteroatoms. The van der Waals surface area contributed by atoms with Crippen LogP contribution in [0, 0.1) is 12.7 Å². The lowest BCUT2D eigenvalue weighted by Crippen LogP contribution is -2.12. The van der Waals surface area contributed by atoms with E-state index in [1.807, 2.05) is 6.92 Å². The van der Waals surface area contributed by atoms with Gasteiger partial charge in [-0.15, -0.1) is 0 Å². The first-order valence-corrected chi connectivity index (χ1v) is 9.07. The van der Waals surface area contributed by atoms with Gasteiger partial charge in [0.2, 0.25) is 0 Å². The van der Waals surface area contributed by atoms with Crippen LogP contribution in [0.4, 0.5) is 4.39 Å². The maximum atomic E-state index is 13.5. The van der Waals surface area contributed by atoms with Crippen LogP contribution in [0.3, 0.4) is 0 Å². The minimum Gasteiger partial charge on any atom is -0.484 e. The zero-order chi connectivity index (χ0) is 16.8. The van der Waals surface area contributed by atoms with Crippen LogP contribution >= 0.6 is 15.9 Å². The Kier molecular flexibility index (Phi) is 4.20. The largest absolute Gasteiger partial charge is 0.484 e. The molecule has 0 bridgehead atoms. The molecule has 122 valence electrons. The minimum atomic E-state index is -3.85. The summed E-state index contributed by atoms with van der Waals surface area (Å²) in [5.41, 5.74) is 2.11. The lowest BCUT2D eigenvalue weighted by molar-refractivity contribution is 0.233. The lowest BCUT2D eigenvalue weighted by atomic mass is 10.0. The van der Waals surface area contributed by atoms with Gasteiger partial charge in [0.1, 0.15) is 22.6 Å². The van der Waals surface area contributed by atoms with Crippen molar-refractivity contribution in [3.63, 3.8) is 0 Å². The predicted molar refractivity (Wildman–Crippen MR) is 86.5 cm³/mol. The highest BCUT2D eigenvalue weighted by Gasteiger charge is 2.31. The van der Waals surface area contributed by atoms with E-state index in [1.165, 1.54) is 18.2 Å². The Labute approximate surface area is 142 Å². The van der Waals surface area contributed by atoms with Crippen molar-refractivity contribution >= 4 is 26.0 Å². The monoisotopic (exact) mass is 400 g/mol. The van der Waals surface area contributed by atoms with Crippen molar-refractivity contribution < 1.29 is 21.7 Å². The van der Waals surface area contributed by atoms with E-state index in [9.17, 15) is 12.8 Å². The molecule has 0 N–H and O–H groups in total. The second kappa shape index (κ2) is 5.89. The van der Waals surface area contributed by atoms with Crippen molar-refractivity contribution in [2.45, 2.75) is 24.3 Å². The van der Waals surface area contributed by atoms with Crippen LogP contribution in [0.5, 0.6) is 5.75 Å². The normalized spacial score (nSPS) is 17.0. The third-order valence-corrected chi connectivity index (χ3v) is 5.69. The summed E-state index contributed by atoms with van der Waals surface area (Å²) in [6.45, 7) is 1.87. The van der Waals surface area contributed by atoms with E-state index < -0.39 is 16.2 Å². The number of benzene rings is 2. The smallest absolute Gasteiger partial charge is 0.297 e. The van der Waals surface area contributed by atoms with Crippen molar-refractivity contribution in [1.82, 2.24) is 0 Å². The molecule has 3 rings (SSSR count). The van der Waals surface area contributed by atoms with Crippen molar-refractivity contribution in [3.8, 4) is 5.75 Å². The van der Waals surface area contributed by atoms with Gasteiger partial charge in [0, 0.05) is 17.5 Å². The van der Waals surface area contributed by atoms with E-state index in [0.29, 0.717) is 27.8 Å².